The van der Waals surface area contributed by atoms with Gasteiger partial charge in [0.2, 0.25) is 0 Å². The van der Waals surface area contributed by atoms with E-state index in [1.54, 1.807) is 29.2 Å². The van der Waals surface area contributed by atoms with Crippen LogP contribution in [0.2, 0.25) is 0 Å². The van der Waals surface area contributed by atoms with Crippen LogP contribution >= 0.6 is 0 Å². The van der Waals surface area contributed by atoms with Gasteiger partial charge in [0.25, 0.3) is 6.01 Å². The van der Waals surface area contributed by atoms with Crippen molar-refractivity contribution in [3.8, 4) is 34.0 Å². The van der Waals surface area contributed by atoms with Gasteiger partial charge < -0.3 is 19.2 Å². The number of hydrogen-bond donors (Lipinski definition) is 1. The van der Waals surface area contributed by atoms with Gasteiger partial charge in [0, 0.05) is 12.7 Å². The first-order valence-electron chi connectivity index (χ1n) is 12.0. The van der Waals surface area contributed by atoms with Crippen molar-refractivity contribution in [2.45, 2.75) is 24.7 Å². The quantitative estimate of drug-likeness (QED) is 0.376. The summed E-state index contributed by atoms with van der Waals surface area (Å²) in [6, 6.07) is 16.2. The SMILES string of the molecule is Fc1cc2[nH]c(O[C@@H]3COC4CCOC43)nc2c(F)c1-c1ccc(-c2ccc(-n3ccnn3)cc2)cc1. The smallest absolute Gasteiger partial charge is 0.295 e. The highest BCUT2D eigenvalue weighted by Crippen LogP contribution is 2.34. The summed E-state index contributed by atoms with van der Waals surface area (Å²) < 4.78 is 49.5. The molecule has 0 bridgehead atoms. The molecule has 10 heteroatoms. The number of nitrogens with one attached hydrogen (secondary N) is 1. The van der Waals surface area contributed by atoms with Crippen molar-refractivity contribution >= 4 is 11.0 Å². The topological polar surface area (TPSA) is 87.1 Å². The number of hydrogen-bond acceptors (Lipinski definition) is 6. The Morgan fingerprint density at radius 3 is 2.49 bits per heavy atom. The van der Waals surface area contributed by atoms with Crippen molar-refractivity contribution in [2.75, 3.05) is 13.2 Å². The molecule has 0 aliphatic carbocycles. The zero-order valence-electron chi connectivity index (χ0n) is 19.5. The predicted molar refractivity (Wildman–Crippen MR) is 130 cm³/mol. The fraction of sp³-hybridized carbons (Fsp3) is 0.222. The van der Waals surface area contributed by atoms with Crippen LogP contribution in [0.3, 0.4) is 0 Å². The minimum Gasteiger partial charge on any atom is -0.456 e. The van der Waals surface area contributed by atoms with Crippen molar-refractivity contribution in [3.05, 3.63) is 78.6 Å². The van der Waals surface area contributed by atoms with Gasteiger partial charge in [0.15, 0.2) is 11.9 Å². The molecule has 2 aliphatic heterocycles. The molecule has 5 aromatic rings. The van der Waals surface area contributed by atoms with Crippen LogP contribution in [0.5, 0.6) is 6.01 Å². The average Bonchev–Trinajstić information content (AvgIpc) is 3.71. The molecule has 0 amide bonds. The molecule has 1 N–H and O–H groups in total. The summed E-state index contributed by atoms with van der Waals surface area (Å²) in [5.41, 5.74) is 3.28. The molecule has 2 aliphatic rings. The summed E-state index contributed by atoms with van der Waals surface area (Å²) in [6.07, 6.45) is 3.68. The molecular weight excluding hydrogens is 480 g/mol. The van der Waals surface area contributed by atoms with Crippen molar-refractivity contribution in [1.82, 2.24) is 25.0 Å². The maximum absolute atomic E-state index is 15.5. The Labute approximate surface area is 209 Å². The highest BCUT2D eigenvalue weighted by atomic mass is 19.1. The van der Waals surface area contributed by atoms with Crippen molar-refractivity contribution in [1.29, 1.82) is 0 Å². The number of aromatic nitrogens is 5. The first-order chi connectivity index (χ1) is 18.1. The highest BCUT2D eigenvalue weighted by molar-refractivity contribution is 5.84. The number of H-pyrrole nitrogens is 1. The molecule has 37 heavy (non-hydrogen) atoms. The minimum absolute atomic E-state index is 0.00441. The number of nitrogens with zero attached hydrogens (tertiary/aromatic N) is 4. The monoisotopic (exact) mass is 501 g/mol. The lowest BCUT2D eigenvalue weighted by Crippen LogP contribution is -2.32. The maximum atomic E-state index is 15.5. The van der Waals surface area contributed by atoms with E-state index < -0.39 is 11.6 Å². The van der Waals surface area contributed by atoms with Crippen LogP contribution in [0.1, 0.15) is 6.42 Å². The molecule has 2 saturated heterocycles. The van der Waals surface area contributed by atoms with Gasteiger partial charge in [-0.2, -0.15) is 4.98 Å². The maximum Gasteiger partial charge on any atom is 0.295 e. The Balaban J connectivity index is 1.15. The van der Waals surface area contributed by atoms with E-state index >= 15 is 8.78 Å². The summed E-state index contributed by atoms with van der Waals surface area (Å²) in [6.45, 7) is 0.982. The van der Waals surface area contributed by atoms with Gasteiger partial charge in [-0.3, -0.25) is 0 Å². The van der Waals surface area contributed by atoms with Crippen LogP contribution < -0.4 is 4.74 Å². The highest BCUT2D eigenvalue weighted by Gasteiger charge is 2.43. The van der Waals surface area contributed by atoms with Gasteiger partial charge in [-0.05, 0) is 35.2 Å². The van der Waals surface area contributed by atoms with E-state index in [0.717, 1.165) is 23.2 Å². The fourth-order valence-corrected chi connectivity index (χ4v) is 5.03. The first kappa shape index (κ1) is 22.1. The first-order valence-corrected chi connectivity index (χ1v) is 12.0. The Bertz CT molecular complexity index is 1570. The largest absolute Gasteiger partial charge is 0.456 e. The summed E-state index contributed by atoms with van der Waals surface area (Å²) in [5.74, 6) is -1.43. The molecule has 7 rings (SSSR count). The van der Waals surface area contributed by atoms with E-state index in [2.05, 4.69) is 20.3 Å². The zero-order chi connectivity index (χ0) is 24.9. The van der Waals surface area contributed by atoms with Gasteiger partial charge in [0.1, 0.15) is 17.4 Å². The Morgan fingerprint density at radius 2 is 1.73 bits per heavy atom. The number of fused-ring (bicyclic) bond motifs is 2. The molecule has 2 aromatic heterocycles. The fourth-order valence-electron chi connectivity index (χ4n) is 5.03. The van der Waals surface area contributed by atoms with E-state index in [0.29, 0.717) is 18.8 Å². The summed E-state index contributed by atoms with van der Waals surface area (Å²) in [4.78, 5) is 7.14. The third-order valence-corrected chi connectivity index (χ3v) is 6.89. The van der Waals surface area contributed by atoms with Crippen LogP contribution in [0, 0.1) is 11.6 Å². The zero-order valence-corrected chi connectivity index (χ0v) is 19.5. The molecule has 8 nitrogen and oxygen atoms in total. The van der Waals surface area contributed by atoms with Gasteiger partial charge in [-0.25, -0.2) is 13.5 Å². The van der Waals surface area contributed by atoms with Crippen LogP contribution in [-0.4, -0.2) is 56.5 Å². The normalized spacial score (nSPS) is 21.0. The molecule has 3 aromatic carbocycles. The second-order valence-electron chi connectivity index (χ2n) is 9.11. The summed E-state index contributed by atoms with van der Waals surface area (Å²) >= 11 is 0. The van der Waals surface area contributed by atoms with Gasteiger partial charge in [0.05, 0.1) is 41.9 Å². The van der Waals surface area contributed by atoms with E-state index in [-0.39, 0.29) is 40.9 Å². The summed E-state index contributed by atoms with van der Waals surface area (Å²) in [5, 5.41) is 7.80. The van der Waals surface area contributed by atoms with Crippen molar-refractivity contribution < 1.29 is 23.0 Å². The number of aromatic amines is 1. The molecule has 186 valence electrons. The Hall–Kier alpha value is -4.15. The summed E-state index contributed by atoms with van der Waals surface area (Å²) in [7, 11) is 0. The minimum atomic E-state index is -0.747. The van der Waals surface area contributed by atoms with E-state index in [1.807, 2.05) is 36.4 Å². The third-order valence-electron chi connectivity index (χ3n) is 6.89. The van der Waals surface area contributed by atoms with E-state index in [4.69, 9.17) is 14.2 Å². The van der Waals surface area contributed by atoms with Gasteiger partial charge in [-0.1, -0.05) is 41.6 Å². The van der Waals surface area contributed by atoms with Gasteiger partial charge in [-0.15, -0.1) is 5.10 Å². The molecular formula is C27H21F2N5O3. The second kappa shape index (κ2) is 8.75. The van der Waals surface area contributed by atoms with Crippen LogP contribution in [0.25, 0.3) is 39.0 Å². The molecule has 4 heterocycles. The molecule has 0 radical (unpaired) electrons. The van der Waals surface area contributed by atoms with Crippen LogP contribution in [0.4, 0.5) is 8.78 Å². The van der Waals surface area contributed by atoms with Crippen LogP contribution in [-0.2, 0) is 9.47 Å². The third kappa shape index (κ3) is 3.85. The number of ether oxygens (including phenoxy) is 3. The molecule has 0 saturated carbocycles. The Morgan fingerprint density at radius 1 is 0.973 bits per heavy atom. The second-order valence-corrected chi connectivity index (χ2v) is 9.11. The number of halogens is 2. The lowest BCUT2D eigenvalue weighted by molar-refractivity contribution is 0.0273. The van der Waals surface area contributed by atoms with Gasteiger partial charge >= 0.3 is 0 Å². The Kier molecular flexibility index (Phi) is 5.22. The standard InChI is InChI=1S/C27H21F2N5O3/c28-19-13-20-25(32-27(31-20)37-22-14-36-21-9-12-35-26(21)22)24(29)23(19)17-3-1-15(2-4-17)16-5-7-18(8-6-16)34-11-10-30-33-34/h1-8,10-11,13,21-22,26H,9,12,14H2,(H,31,32)/t21?,22-,26?/m1/s1. The molecule has 3 atom stereocenters. The molecule has 2 unspecified atom stereocenters. The van der Waals surface area contributed by atoms with Crippen molar-refractivity contribution in [2.24, 2.45) is 0 Å². The lowest BCUT2D eigenvalue weighted by atomic mass is 9.99. The molecule has 2 fully saturated rings. The number of imidazole rings is 1. The van der Waals surface area contributed by atoms with Crippen molar-refractivity contribution in [3.63, 3.8) is 0 Å². The average molecular weight is 501 g/mol. The predicted octanol–water partition coefficient (Wildman–Crippen LogP) is 4.69. The van der Waals surface area contributed by atoms with E-state index in [1.165, 1.54) is 6.07 Å². The van der Waals surface area contributed by atoms with E-state index in [9.17, 15) is 0 Å². The lowest BCUT2D eigenvalue weighted by Gasteiger charge is -2.15. The number of rotatable bonds is 5. The number of benzene rings is 3. The van der Waals surface area contributed by atoms with Crippen LogP contribution in [0.15, 0.2) is 67.0 Å². The molecule has 0 spiro atoms.